The Balaban J connectivity index is 1.81. The van der Waals surface area contributed by atoms with Crippen molar-refractivity contribution in [2.45, 2.75) is 27.7 Å². The summed E-state index contributed by atoms with van der Waals surface area (Å²) in [4.78, 5) is 30.8. The molecule has 0 spiro atoms. The van der Waals surface area contributed by atoms with Crippen LogP contribution in [0.15, 0.2) is 58.9 Å². The fraction of sp³-hybridized carbons (Fsp3) is 0.250. The predicted octanol–water partition coefficient (Wildman–Crippen LogP) is 3.62. The summed E-state index contributed by atoms with van der Waals surface area (Å²) < 4.78 is 7.18. The smallest absolute Gasteiger partial charge is 0.267 e. The number of hydrogen-bond donors (Lipinski definition) is 0. The Hall–Kier alpha value is -4.32. The lowest BCUT2D eigenvalue weighted by Crippen LogP contribution is -2.21. The van der Waals surface area contributed by atoms with E-state index < -0.39 is 0 Å². The minimum Gasteiger partial charge on any atom is -0.435 e. The van der Waals surface area contributed by atoms with Crippen molar-refractivity contribution in [1.82, 2.24) is 19.6 Å². The van der Waals surface area contributed by atoms with Crippen molar-refractivity contribution in [2.24, 2.45) is 10.1 Å². The summed E-state index contributed by atoms with van der Waals surface area (Å²) in [5, 5.41) is 4.51. The van der Waals surface area contributed by atoms with Crippen LogP contribution >= 0.6 is 0 Å². The van der Waals surface area contributed by atoms with Gasteiger partial charge in [0.15, 0.2) is 17.5 Å². The quantitative estimate of drug-likeness (QED) is 0.329. The summed E-state index contributed by atoms with van der Waals surface area (Å²) in [7, 11) is 0. The molecule has 1 aliphatic rings. The molecule has 0 aliphatic carbocycles. The lowest BCUT2D eigenvalue weighted by molar-refractivity contribution is 0.478. The van der Waals surface area contributed by atoms with Crippen molar-refractivity contribution >= 4 is 28.9 Å². The number of aliphatic imine (C=N–C) groups is 1. The third-order valence-electron chi connectivity index (χ3n) is 5.32. The first-order valence-corrected chi connectivity index (χ1v) is 10.6. The molecule has 3 heterocycles. The minimum atomic E-state index is 0.210. The van der Waals surface area contributed by atoms with Gasteiger partial charge in [0, 0.05) is 36.9 Å². The number of rotatable bonds is 6. The first-order valence-electron chi connectivity index (χ1n) is 10.6. The molecule has 0 saturated carbocycles. The summed E-state index contributed by atoms with van der Waals surface area (Å²) in [5.41, 5.74) is 7.64. The zero-order chi connectivity index (χ0) is 23.4. The number of aromatic nitrogens is 4. The molecule has 1 aliphatic heterocycles. The van der Waals surface area contributed by atoms with Gasteiger partial charge < -0.3 is 9.64 Å². The molecule has 1 aromatic carbocycles. The highest BCUT2D eigenvalue weighted by Gasteiger charge is 2.30. The molecule has 0 bridgehead atoms. The Morgan fingerprint density at radius 2 is 2.03 bits per heavy atom. The summed E-state index contributed by atoms with van der Waals surface area (Å²) in [5.74, 6) is 2.25. The van der Waals surface area contributed by atoms with Crippen LogP contribution in [-0.2, 0) is 9.53 Å². The molecule has 2 aromatic heterocycles. The van der Waals surface area contributed by atoms with Crippen LogP contribution < -0.4 is 4.90 Å². The normalized spacial score (nSPS) is 13.2. The highest BCUT2D eigenvalue weighted by atomic mass is 16.5. The van der Waals surface area contributed by atoms with Gasteiger partial charge >= 0.3 is 0 Å². The maximum atomic E-state index is 10.5. The molecule has 9 nitrogen and oxygen atoms in total. The van der Waals surface area contributed by atoms with Gasteiger partial charge in [-0.25, -0.2) is 19.4 Å². The first-order chi connectivity index (χ1) is 16.1. The van der Waals surface area contributed by atoms with Gasteiger partial charge in [-0.3, -0.25) is 9.97 Å². The van der Waals surface area contributed by atoms with Crippen LogP contribution in [0, 0.1) is 13.8 Å². The summed E-state index contributed by atoms with van der Waals surface area (Å²) in [6, 6.07) is 6.12. The van der Waals surface area contributed by atoms with Gasteiger partial charge in [-0.2, -0.15) is 0 Å². The highest BCUT2D eigenvalue weighted by Crippen LogP contribution is 2.29. The van der Waals surface area contributed by atoms with Gasteiger partial charge in [-0.05, 0) is 51.5 Å². The Bertz CT molecular complexity index is 1320. The second-order valence-electron chi connectivity index (χ2n) is 7.26. The van der Waals surface area contributed by atoms with Crippen molar-refractivity contribution in [3.05, 3.63) is 65.9 Å². The van der Waals surface area contributed by atoms with E-state index in [0.29, 0.717) is 22.9 Å². The average Bonchev–Trinajstić information content (AvgIpc) is 3.33. The van der Waals surface area contributed by atoms with Crippen LogP contribution in [-0.4, -0.2) is 50.3 Å². The largest absolute Gasteiger partial charge is 0.435 e. The lowest BCUT2D eigenvalue weighted by Gasteiger charge is -2.21. The molecule has 0 radical (unpaired) electrons. The third kappa shape index (κ3) is 4.23. The van der Waals surface area contributed by atoms with Crippen molar-refractivity contribution < 1.29 is 9.53 Å². The zero-order valence-corrected chi connectivity index (χ0v) is 18.9. The summed E-state index contributed by atoms with van der Waals surface area (Å²) >= 11 is 0. The molecule has 3 aromatic rings. The van der Waals surface area contributed by atoms with E-state index >= 15 is 0 Å². The van der Waals surface area contributed by atoms with Gasteiger partial charge in [0.25, 0.3) is 5.90 Å². The van der Waals surface area contributed by atoms with Crippen LogP contribution in [0.5, 0.6) is 0 Å². The molecule has 166 valence electrons. The molecular weight excluding hydrogens is 418 g/mol. The monoisotopic (exact) mass is 441 g/mol. The van der Waals surface area contributed by atoms with Crippen molar-refractivity contribution in [3.8, 4) is 11.4 Å². The number of carbonyl (C=O) groups excluding carboxylic acids is 1. The molecule has 0 amide bonds. The van der Waals surface area contributed by atoms with E-state index in [9.17, 15) is 4.79 Å². The van der Waals surface area contributed by atoms with Crippen molar-refractivity contribution in [1.29, 1.82) is 0 Å². The highest BCUT2D eigenvalue weighted by molar-refractivity contribution is 6.46. The predicted molar refractivity (Wildman–Crippen MR) is 127 cm³/mol. The van der Waals surface area contributed by atoms with Gasteiger partial charge in [0.1, 0.15) is 17.6 Å². The summed E-state index contributed by atoms with van der Waals surface area (Å²) in [6.07, 6.45) is 5.97. The molecular formula is C24H23N7O2. The van der Waals surface area contributed by atoms with Crippen molar-refractivity contribution in [2.75, 3.05) is 18.0 Å². The van der Waals surface area contributed by atoms with Crippen LogP contribution in [0.25, 0.3) is 11.4 Å². The van der Waals surface area contributed by atoms with Gasteiger partial charge in [-0.1, -0.05) is 0 Å². The molecule has 0 atom stereocenters. The van der Waals surface area contributed by atoms with Crippen LogP contribution in [0.1, 0.15) is 30.9 Å². The Morgan fingerprint density at radius 3 is 2.70 bits per heavy atom. The second kappa shape index (κ2) is 9.44. The lowest BCUT2D eigenvalue weighted by atomic mass is 10.1. The van der Waals surface area contributed by atoms with E-state index in [1.54, 1.807) is 23.3 Å². The van der Waals surface area contributed by atoms with Gasteiger partial charge in [-0.15, -0.1) is 5.10 Å². The molecule has 0 saturated heterocycles. The van der Waals surface area contributed by atoms with E-state index in [4.69, 9.17) is 14.7 Å². The molecule has 4 rings (SSSR count). The van der Waals surface area contributed by atoms with Gasteiger partial charge in [0.2, 0.25) is 0 Å². The van der Waals surface area contributed by atoms with E-state index in [1.165, 1.54) is 5.94 Å². The standard InChI is InChI=1S/C24H23N7O2/c1-5-30(6-2)18-8-9-19(16(3)14-18)27-22-23-28-21(20-15-25-10-11-26-20)17(4)31(23)29-24(22)33-13-7-12-32/h8-11,13-15H,5-6H2,1-4H3. The number of hydrogen-bond acceptors (Lipinski definition) is 8. The third-order valence-corrected chi connectivity index (χ3v) is 5.32. The van der Waals surface area contributed by atoms with Crippen molar-refractivity contribution in [3.63, 3.8) is 0 Å². The number of benzene rings is 1. The maximum absolute atomic E-state index is 10.5. The SMILES string of the molecule is CCN(CC)c1ccc(N=C2C(OC=C=C=O)=Nn3c2nc(-c2cnccn2)c3C)c(C)c1. The molecule has 0 N–H and O–H groups in total. The minimum absolute atomic E-state index is 0.210. The van der Waals surface area contributed by atoms with Crippen LogP contribution in [0.4, 0.5) is 11.4 Å². The fourth-order valence-corrected chi connectivity index (χ4v) is 3.62. The fourth-order valence-electron chi connectivity index (χ4n) is 3.62. The molecule has 33 heavy (non-hydrogen) atoms. The molecule has 0 fully saturated rings. The number of fused-ring (bicyclic) bond motifs is 1. The zero-order valence-electron chi connectivity index (χ0n) is 18.9. The topological polar surface area (TPSA) is 97.9 Å². The number of anilines is 1. The average molecular weight is 441 g/mol. The Kier molecular flexibility index (Phi) is 6.26. The molecule has 9 heteroatoms. The summed E-state index contributed by atoms with van der Waals surface area (Å²) in [6.45, 7) is 10.00. The van der Waals surface area contributed by atoms with Crippen LogP contribution in [0.3, 0.4) is 0 Å². The maximum Gasteiger partial charge on any atom is 0.267 e. The van der Waals surface area contributed by atoms with E-state index in [2.05, 4.69) is 45.6 Å². The number of ether oxygens (including phenoxy) is 1. The second-order valence-corrected chi connectivity index (χ2v) is 7.26. The van der Waals surface area contributed by atoms with E-state index in [-0.39, 0.29) is 5.90 Å². The Morgan fingerprint density at radius 1 is 1.21 bits per heavy atom. The van der Waals surface area contributed by atoms with Crippen LogP contribution in [0.2, 0.25) is 0 Å². The van der Waals surface area contributed by atoms with E-state index in [1.807, 2.05) is 26.0 Å². The van der Waals surface area contributed by atoms with Gasteiger partial charge in [0.05, 0.1) is 17.6 Å². The Labute approximate surface area is 191 Å². The van der Waals surface area contributed by atoms with E-state index in [0.717, 1.165) is 42.0 Å². The number of nitrogens with zero attached hydrogens (tertiary/aromatic N) is 7. The molecule has 0 unspecified atom stereocenters. The first kappa shape index (κ1) is 21.9. The number of imidazole rings is 1. The number of aryl methyl sites for hydroxylation is 1.